The van der Waals surface area contributed by atoms with Crippen molar-refractivity contribution >= 4 is 18.1 Å². The fraction of sp³-hybridized carbons (Fsp3) is 0.350. The minimum atomic E-state index is -0.813. The van der Waals surface area contributed by atoms with E-state index in [1.54, 1.807) is 6.92 Å². The van der Waals surface area contributed by atoms with E-state index in [0.717, 1.165) is 25.9 Å². The number of nitrogens with zero attached hydrogens (tertiary/aromatic N) is 2. The van der Waals surface area contributed by atoms with Crippen LogP contribution in [0.5, 0.6) is 5.75 Å². The van der Waals surface area contributed by atoms with E-state index in [1.165, 1.54) is 11.3 Å². The number of anilines is 1. The number of ether oxygens (including phenoxy) is 1. The summed E-state index contributed by atoms with van der Waals surface area (Å²) in [7, 11) is 0. The van der Waals surface area contributed by atoms with Crippen LogP contribution in [0.1, 0.15) is 31.2 Å². The average Bonchev–Trinajstić information content (AvgIpc) is 2.73. The molecule has 2 heterocycles. The van der Waals surface area contributed by atoms with Crippen molar-refractivity contribution in [2.75, 3.05) is 18.0 Å². The number of piperidine rings is 1. The largest absolute Gasteiger partial charge is 0.479 e. The summed E-state index contributed by atoms with van der Waals surface area (Å²) in [5.74, 6) is 0.439. The highest BCUT2D eigenvalue weighted by Crippen LogP contribution is 2.31. The zero-order chi connectivity index (χ0) is 19.1. The first kappa shape index (κ1) is 18.7. The first-order chi connectivity index (χ1) is 13.2. The summed E-state index contributed by atoms with van der Waals surface area (Å²) in [6, 6.07) is 11.9. The van der Waals surface area contributed by atoms with Crippen LogP contribution in [-0.2, 0) is 14.4 Å². The van der Waals surface area contributed by atoms with Gasteiger partial charge in [-0.15, -0.1) is 0 Å². The van der Waals surface area contributed by atoms with Crippen molar-refractivity contribution in [2.24, 2.45) is 0 Å². The Morgan fingerprint density at radius 3 is 2.48 bits per heavy atom. The monoisotopic (exact) mass is 369 g/mol. The maximum absolute atomic E-state index is 11.6. The van der Waals surface area contributed by atoms with Crippen molar-refractivity contribution in [2.45, 2.75) is 31.8 Å². The van der Waals surface area contributed by atoms with Gasteiger partial charge in [-0.05, 0) is 55.5 Å². The standard InChI is InChI=1S/C20H23N3O4/c1-15(20(25)27-22-14-24)26-19-4-2-16(3-5-19)17-8-12-23(13-9-17)18-6-10-21-11-7-18/h2-7,10-11,14-15,17H,8-9,12-13H2,1H3,(H,22,24). The molecular weight excluding hydrogens is 346 g/mol. The molecule has 1 fully saturated rings. The van der Waals surface area contributed by atoms with Crippen LogP contribution in [0.4, 0.5) is 5.69 Å². The van der Waals surface area contributed by atoms with Gasteiger partial charge in [0.25, 0.3) is 0 Å². The Morgan fingerprint density at radius 1 is 1.19 bits per heavy atom. The molecule has 1 unspecified atom stereocenters. The molecule has 0 aliphatic carbocycles. The van der Waals surface area contributed by atoms with Crippen molar-refractivity contribution in [1.82, 2.24) is 10.5 Å². The van der Waals surface area contributed by atoms with Crippen LogP contribution in [-0.4, -0.2) is 36.6 Å². The molecule has 3 rings (SSSR count). The second kappa shape index (κ2) is 9.02. The molecule has 1 aromatic carbocycles. The third kappa shape index (κ3) is 4.97. The molecule has 2 aromatic rings. The lowest BCUT2D eigenvalue weighted by Crippen LogP contribution is -2.32. The molecule has 1 N–H and O–H groups in total. The summed E-state index contributed by atoms with van der Waals surface area (Å²) < 4.78 is 5.55. The third-order valence-electron chi connectivity index (χ3n) is 4.73. The lowest BCUT2D eigenvalue weighted by atomic mass is 9.89. The molecule has 1 amide bonds. The van der Waals surface area contributed by atoms with Crippen molar-refractivity contribution in [1.29, 1.82) is 0 Å². The Kier molecular flexibility index (Phi) is 6.25. The van der Waals surface area contributed by atoms with Gasteiger partial charge in [-0.2, -0.15) is 5.48 Å². The molecule has 1 saturated heterocycles. The van der Waals surface area contributed by atoms with Crippen molar-refractivity contribution < 1.29 is 19.2 Å². The molecule has 0 radical (unpaired) electrons. The Morgan fingerprint density at radius 2 is 1.85 bits per heavy atom. The third-order valence-corrected chi connectivity index (χ3v) is 4.73. The number of amides is 1. The van der Waals surface area contributed by atoms with Crippen LogP contribution in [0.25, 0.3) is 0 Å². The average molecular weight is 369 g/mol. The first-order valence-electron chi connectivity index (χ1n) is 8.99. The Labute approximate surface area is 158 Å². The normalized spacial score (nSPS) is 15.7. The van der Waals surface area contributed by atoms with Crippen LogP contribution >= 0.6 is 0 Å². The first-order valence-corrected chi connectivity index (χ1v) is 8.99. The number of hydrogen-bond donors (Lipinski definition) is 1. The van der Waals surface area contributed by atoms with Gasteiger partial charge in [-0.25, -0.2) is 4.79 Å². The predicted octanol–water partition coefficient (Wildman–Crippen LogP) is 2.44. The lowest BCUT2D eigenvalue weighted by molar-refractivity contribution is -0.161. The van der Waals surface area contributed by atoms with E-state index in [1.807, 2.05) is 54.3 Å². The molecule has 0 bridgehead atoms. The summed E-state index contributed by atoms with van der Waals surface area (Å²) in [6.45, 7) is 3.59. The lowest BCUT2D eigenvalue weighted by Gasteiger charge is -2.33. The molecule has 1 aliphatic rings. The van der Waals surface area contributed by atoms with E-state index in [-0.39, 0.29) is 0 Å². The maximum Gasteiger partial charge on any atom is 0.371 e. The number of nitrogens with one attached hydrogen (secondary N) is 1. The van der Waals surface area contributed by atoms with E-state index in [4.69, 9.17) is 4.74 Å². The van der Waals surface area contributed by atoms with Crippen LogP contribution < -0.4 is 15.1 Å². The second-order valence-electron chi connectivity index (χ2n) is 6.45. The highest BCUT2D eigenvalue weighted by molar-refractivity contribution is 5.75. The molecule has 1 aromatic heterocycles. The van der Waals surface area contributed by atoms with Gasteiger partial charge in [-0.3, -0.25) is 9.78 Å². The summed E-state index contributed by atoms with van der Waals surface area (Å²) in [5, 5.41) is 0. The van der Waals surface area contributed by atoms with Crippen molar-refractivity contribution in [3.05, 3.63) is 54.4 Å². The minimum Gasteiger partial charge on any atom is -0.479 e. The van der Waals surface area contributed by atoms with Crippen LogP contribution in [0.2, 0.25) is 0 Å². The van der Waals surface area contributed by atoms with Crippen molar-refractivity contribution in [3.63, 3.8) is 0 Å². The number of hydrogen-bond acceptors (Lipinski definition) is 6. The van der Waals surface area contributed by atoms with Crippen LogP contribution in [0, 0.1) is 0 Å². The molecule has 1 atom stereocenters. The van der Waals surface area contributed by atoms with Gasteiger partial charge >= 0.3 is 5.97 Å². The van der Waals surface area contributed by atoms with Gasteiger partial charge in [0.2, 0.25) is 6.41 Å². The quantitative estimate of drug-likeness (QED) is 0.596. The molecule has 142 valence electrons. The predicted molar refractivity (Wildman–Crippen MR) is 100 cm³/mol. The topological polar surface area (TPSA) is 80.8 Å². The molecule has 7 nitrogen and oxygen atoms in total. The molecule has 0 spiro atoms. The van der Waals surface area contributed by atoms with E-state index in [2.05, 4.69) is 14.7 Å². The van der Waals surface area contributed by atoms with Gasteiger partial charge < -0.3 is 14.5 Å². The van der Waals surface area contributed by atoms with Gasteiger partial charge in [0.15, 0.2) is 6.10 Å². The number of rotatable bonds is 7. The Balaban J connectivity index is 1.52. The Bertz CT molecular complexity index is 744. The summed E-state index contributed by atoms with van der Waals surface area (Å²) >= 11 is 0. The highest BCUT2D eigenvalue weighted by atomic mass is 16.7. The second-order valence-corrected chi connectivity index (χ2v) is 6.45. The summed E-state index contributed by atoms with van der Waals surface area (Å²) in [6.07, 6.45) is 5.30. The fourth-order valence-corrected chi connectivity index (χ4v) is 3.26. The summed E-state index contributed by atoms with van der Waals surface area (Å²) in [4.78, 5) is 32.7. The number of carbonyl (C=O) groups excluding carboxylic acids is 2. The molecular formula is C20H23N3O4. The minimum absolute atomic E-state index is 0.291. The smallest absolute Gasteiger partial charge is 0.371 e. The number of pyridine rings is 1. The zero-order valence-electron chi connectivity index (χ0n) is 15.2. The summed E-state index contributed by atoms with van der Waals surface area (Å²) in [5.41, 5.74) is 4.36. The van der Waals surface area contributed by atoms with E-state index in [9.17, 15) is 9.59 Å². The number of aromatic nitrogens is 1. The fourth-order valence-electron chi connectivity index (χ4n) is 3.26. The Hall–Kier alpha value is -3.09. The number of benzene rings is 1. The molecule has 1 aliphatic heterocycles. The highest BCUT2D eigenvalue weighted by Gasteiger charge is 2.21. The zero-order valence-corrected chi connectivity index (χ0v) is 15.2. The maximum atomic E-state index is 11.6. The van der Waals surface area contributed by atoms with Gasteiger partial charge in [0.05, 0.1) is 0 Å². The van der Waals surface area contributed by atoms with Gasteiger partial charge in [0.1, 0.15) is 5.75 Å². The SMILES string of the molecule is CC(Oc1ccc(C2CCN(c3ccncc3)CC2)cc1)C(=O)ONC=O. The molecule has 7 heteroatoms. The van der Waals surface area contributed by atoms with Gasteiger partial charge in [0, 0.05) is 31.2 Å². The number of carbonyl (C=O) groups is 2. The number of hydroxylamine groups is 1. The van der Waals surface area contributed by atoms with Crippen LogP contribution in [0.3, 0.4) is 0 Å². The van der Waals surface area contributed by atoms with E-state index < -0.39 is 12.1 Å². The van der Waals surface area contributed by atoms with E-state index >= 15 is 0 Å². The van der Waals surface area contributed by atoms with Gasteiger partial charge in [-0.1, -0.05) is 12.1 Å². The molecule has 27 heavy (non-hydrogen) atoms. The van der Waals surface area contributed by atoms with E-state index in [0.29, 0.717) is 18.1 Å². The van der Waals surface area contributed by atoms with Crippen LogP contribution in [0.15, 0.2) is 48.8 Å². The molecule has 0 saturated carbocycles. The van der Waals surface area contributed by atoms with Crippen molar-refractivity contribution in [3.8, 4) is 5.75 Å².